The molecule has 0 aliphatic rings. The Morgan fingerprint density at radius 2 is 1.91 bits per heavy atom. The van der Waals surface area contributed by atoms with Crippen LogP contribution in [0.5, 0.6) is 0 Å². The SMILES string of the molecule is CC(=O)SCC(=Cc1ccccc1)C(=O)NCCCC(=O)O. The van der Waals surface area contributed by atoms with Gasteiger partial charge in [0, 0.05) is 31.2 Å². The number of hydrogen-bond acceptors (Lipinski definition) is 4. The Morgan fingerprint density at radius 3 is 2.50 bits per heavy atom. The van der Waals surface area contributed by atoms with Crippen molar-refractivity contribution in [2.24, 2.45) is 0 Å². The molecule has 118 valence electrons. The predicted molar refractivity (Wildman–Crippen MR) is 87.4 cm³/mol. The Balaban J connectivity index is 2.68. The highest BCUT2D eigenvalue weighted by Crippen LogP contribution is 2.13. The maximum Gasteiger partial charge on any atom is 0.303 e. The number of carbonyl (C=O) groups is 3. The van der Waals surface area contributed by atoms with Crippen molar-refractivity contribution < 1.29 is 19.5 Å². The van der Waals surface area contributed by atoms with Crippen LogP contribution in [0.3, 0.4) is 0 Å². The molecule has 0 aromatic heterocycles. The fourth-order valence-corrected chi connectivity index (χ4v) is 2.23. The Labute approximate surface area is 133 Å². The zero-order valence-electron chi connectivity index (χ0n) is 12.4. The lowest BCUT2D eigenvalue weighted by molar-refractivity contribution is -0.137. The molecule has 0 bridgehead atoms. The van der Waals surface area contributed by atoms with Crippen molar-refractivity contribution in [1.29, 1.82) is 0 Å². The molecule has 0 saturated carbocycles. The van der Waals surface area contributed by atoms with Gasteiger partial charge < -0.3 is 10.4 Å². The Morgan fingerprint density at radius 1 is 1.23 bits per heavy atom. The molecule has 1 amide bonds. The Bertz CT molecular complexity index is 555. The quantitative estimate of drug-likeness (QED) is 0.567. The number of aliphatic carboxylic acids is 1. The number of hydrogen-bond donors (Lipinski definition) is 2. The fourth-order valence-electron chi connectivity index (χ4n) is 1.66. The molecule has 1 rings (SSSR count). The highest BCUT2D eigenvalue weighted by atomic mass is 32.2. The first-order valence-corrected chi connectivity index (χ1v) is 7.86. The lowest BCUT2D eigenvalue weighted by Crippen LogP contribution is -2.27. The van der Waals surface area contributed by atoms with Crippen LogP contribution in [0.25, 0.3) is 6.08 Å². The van der Waals surface area contributed by atoms with Gasteiger partial charge in [0.1, 0.15) is 0 Å². The zero-order valence-corrected chi connectivity index (χ0v) is 13.2. The number of thioether (sulfide) groups is 1. The summed E-state index contributed by atoms with van der Waals surface area (Å²) in [4.78, 5) is 33.7. The zero-order chi connectivity index (χ0) is 16.4. The van der Waals surface area contributed by atoms with E-state index in [1.807, 2.05) is 30.3 Å². The number of nitrogens with one attached hydrogen (secondary N) is 1. The average Bonchev–Trinajstić information content (AvgIpc) is 2.48. The second-order valence-corrected chi connectivity index (χ2v) is 5.77. The molecule has 0 unspecified atom stereocenters. The van der Waals surface area contributed by atoms with Gasteiger partial charge in [0.15, 0.2) is 5.12 Å². The molecule has 2 N–H and O–H groups in total. The molecule has 22 heavy (non-hydrogen) atoms. The molecule has 0 radical (unpaired) electrons. The highest BCUT2D eigenvalue weighted by Gasteiger charge is 2.11. The highest BCUT2D eigenvalue weighted by molar-refractivity contribution is 8.13. The smallest absolute Gasteiger partial charge is 0.303 e. The lowest BCUT2D eigenvalue weighted by atomic mass is 10.1. The molecule has 1 aromatic rings. The standard InChI is InChI=1S/C16H19NO4S/c1-12(18)22-11-14(10-13-6-3-2-4-7-13)16(21)17-9-5-8-15(19)20/h2-4,6-7,10H,5,8-9,11H2,1H3,(H,17,21)(H,19,20). The van der Waals surface area contributed by atoms with E-state index in [2.05, 4.69) is 5.32 Å². The van der Waals surface area contributed by atoms with Crippen LogP contribution in [-0.2, 0) is 14.4 Å². The third kappa shape index (κ3) is 7.64. The minimum absolute atomic E-state index is 0.0141. The third-order valence-corrected chi connectivity index (χ3v) is 3.58. The van der Waals surface area contributed by atoms with E-state index in [1.165, 1.54) is 6.92 Å². The van der Waals surface area contributed by atoms with E-state index in [0.29, 0.717) is 18.5 Å². The summed E-state index contributed by atoms with van der Waals surface area (Å²) in [6, 6.07) is 9.36. The van der Waals surface area contributed by atoms with Crippen LogP contribution in [0.1, 0.15) is 25.3 Å². The topological polar surface area (TPSA) is 83.5 Å². The van der Waals surface area contributed by atoms with Crippen molar-refractivity contribution in [2.45, 2.75) is 19.8 Å². The summed E-state index contributed by atoms with van der Waals surface area (Å²) in [5, 5.41) is 11.2. The third-order valence-electron chi connectivity index (χ3n) is 2.72. The monoisotopic (exact) mass is 321 g/mol. The molecule has 0 aliphatic heterocycles. The van der Waals surface area contributed by atoms with E-state index >= 15 is 0 Å². The average molecular weight is 321 g/mol. The van der Waals surface area contributed by atoms with Crippen molar-refractivity contribution in [3.8, 4) is 0 Å². The number of rotatable bonds is 8. The van der Waals surface area contributed by atoms with Crippen molar-refractivity contribution in [3.63, 3.8) is 0 Å². The van der Waals surface area contributed by atoms with Crippen LogP contribution in [0.4, 0.5) is 0 Å². The molecule has 0 heterocycles. The van der Waals surface area contributed by atoms with Crippen molar-refractivity contribution >= 4 is 34.8 Å². The summed E-state index contributed by atoms with van der Waals surface area (Å²) >= 11 is 1.07. The Hall–Kier alpha value is -2.08. The predicted octanol–water partition coefficient (Wildman–Crippen LogP) is 2.33. The largest absolute Gasteiger partial charge is 0.481 e. The molecule has 0 aliphatic carbocycles. The van der Waals surface area contributed by atoms with E-state index < -0.39 is 5.97 Å². The number of carboxylic acid groups (broad SMARTS) is 1. The summed E-state index contributed by atoms with van der Waals surface area (Å²) in [5.74, 6) is -0.876. The van der Waals surface area contributed by atoms with Gasteiger partial charge in [0.05, 0.1) is 0 Å². The molecular weight excluding hydrogens is 302 g/mol. The molecule has 0 spiro atoms. The maximum atomic E-state index is 12.2. The molecule has 0 atom stereocenters. The molecule has 0 saturated heterocycles. The number of benzene rings is 1. The minimum atomic E-state index is -0.888. The summed E-state index contributed by atoms with van der Waals surface area (Å²) < 4.78 is 0. The van der Waals surface area contributed by atoms with E-state index in [4.69, 9.17) is 5.11 Å². The van der Waals surface area contributed by atoms with E-state index in [9.17, 15) is 14.4 Å². The van der Waals surface area contributed by atoms with Gasteiger partial charge in [-0.3, -0.25) is 14.4 Å². The first-order valence-electron chi connectivity index (χ1n) is 6.88. The van der Waals surface area contributed by atoms with Crippen LogP contribution in [0, 0.1) is 0 Å². The number of amides is 1. The molecule has 1 aromatic carbocycles. The van der Waals surface area contributed by atoms with Crippen molar-refractivity contribution in [3.05, 3.63) is 41.5 Å². The summed E-state index contributed by atoms with van der Waals surface area (Å²) in [7, 11) is 0. The van der Waals surface area contributed by atoms with Crippen LogP contribution in [-0.4, -0.2) is 34.4 Å². The van der Waals surface area contributed by atoms with E-state index in [1.54, 1.807) is 6.08 Å². The number of carboxylic acids is 1. The lowest BCUT2D eigenvalue weighted by Gasteiger charge is -2.08. The molecular formula is C16H19NO4S. The van der Waals surface area contributed by atoms with E-state index in [-0.39, 0.29) is 23.2 Å². The van der Waals surface area contributed by atoms with Gasteiger partial charge in [-0.1, -0.05) is 42.1 Å². The van der Waals surface area contributed by atoms with Gasteiger partial charge in [-0.05, 0) is 18.1 Å². The van der Waals surface area contributed by atoms with Crippen LogP contribution in [0.2, 0.25) is 0 Å². The second kappa shape index (κ2) is 9.78. The Kier molecular flexibility index (Phi) is 7.99. The van der Waals surface area contributed by atoms with Crippen LogP contribution in [0.15, 0.2) is 35.9 Å². The van der Waals surface area contributed by atoms with Gasteiger partial charge in [-0.25, -0.2) is 0 Å². The van der Waals surface area contributed by atoms with Crippen LogP contribution >= 0.6 is 11.8 Å². The molecule has 5 nitrogen and oxygen atoms in total. The van der Waals surface area contributed by atoms with Gasteiger partial charge in [-0.15, -0.1) is 0 Å². The van der Waals surface area contributed by atoms with Crippen molar-refractivity contribution in [2.75, 3.05) is 12.3 Å². The second-order valence-electron chi connectivity index (χ2n) is 4.61. The fraction of sp³-hybridized carbons (Fsp3) is 0.312. The van der Waals surface area contributed by atoms with Gasteiger partial charge in [-0.2, -0.15) is 0 Å². The number of carbonyl (C=O) groups excluding carboxylic acids is 2. The van der Waals surface area contributed by atoms with E-state index in [0.717, 1.165) is 17.3 Å². The molecule has 6 heteroatoms. The van der Waals surface area contributed by atoms with Crippen LogP contribution < -0.4 is 5.32 Å². The molecule has 0 fully saturated rings. The maximum absolute atomic E-state index is 12.2. The first kappa shape index (κ1) is 18.0. The summed E-state index contributed by atoms with van der Waals surface area (Å²) in [6.45, 7) is 1.75. The first-order chi connectivity index (χ1) is 10.5. The normalized spacial score (nSPS) is 11.0. The van der Waals surface area contributed by atoms with Crippen molar-refractivity contribution in [1.82, 2.24) is 5.32 Å². The summed E-state index contributed by atoms with van der Waals surface area (Å²) in [6.07, 6.45) is 2.13. The van der Waals surface area contributed by atoms with Gasteiger partial charge >= 0.3 is 5.97 Å². The van der Waals surface area contributed by atoms with Gasteiger partial charge in [0.2, 0.25) is 5.91 Å². The minimum Gasteiger partial charge on any atom is -0.481 e. The van der Waals surface area contributed by atoms with Gasteiger partial charge in [0.25, 0.3) is 0 Å². The summed E-state index contributed by atoms with van der Waals surface area (Å²) in [5.41, 5.74) is 1.36.